The van der Waals surface area contributed by atoms with Crippen LogP contribution in [0.5, 0.6) is 0 Å². The summed E-state index contributed by atoms with van der Waals surface area (Å²) in [6.45, 7) is 1.76. The lowest BCUT2D eigenvalue weighted by Crippen LogP contribution is -2.28. The van der Waals surface area contributed by atoms with Crippen molar-refractivity contribution in [2.24, 2.45) is 5.92 Å². The Morgan fingerprint density at radius 3 is 2.67 bits per heavy atom. The molecule has 0 aromatic heterocycles. The van der Waals surface area contributed by atoms with Gasteiger partial charge in [-0.1, -0.05) is 18.2 Å². The molecular formula is C15H24N2O. The summed E-state index contributed by atoms with van der Waals surface area (Å²) in [5.41, 5.74) is 2.60. The van der Waals surface area contributed by atoms with E-state index in [1.807, 2.05) is 0 Å². The summed E-state index contributed by atoms with van der Waals surface area (Å²) in [6.07, 6.45) is 2.66. The molecule has 3 nitrogen and oxygen atoms in total. The fourth-order valence-corrected chi connectivity index (χ4v) is 2.31. The van der Waals surface area contributed by atoms with Crippen LogP contribution in [0.25, 0.3) is 0 Å². The normalized spacial score (nSPS) is 16.9. The Balaban J connectivity index is 2.06. The maximum atomic E-state index is 5.33. The highest BCUT2D eigenvalue weighted by Gasteiger charge is 2.31. The molecule has 0 heterocycles. The summed E-state index contributed by atoms with van der Waals surface area (Å²) >= 11 is 0. The average Bonchev–Trinajstić information content (AvgIpc) is 3.14. The Morgan fingerprint density at radius 2 is 2.06 bits per heavy atom. The highest BCUT2D eigenvalue weighted by molar-refractivity contribution is 5.52. The monoisotopic (exact) mass is 248 g/mol. The Labute approximate surface area is 110 Å². The molecule has 100 valence electrons. The Kier molecular flexibility index (Phi) is 4.61. The molecule has 2 rings (SSSR count). The highest BCUT2D eigenvalue weighted by Crippen LogP contribution is 2.34. The topological polar surface area (TPSA) is 24.5 Å². The number of methoxy groups -OCH3 is 1. The van der Waals surface area contributed by atoms with Crippen molar-refractivity contribution in [2.45, 2.75) is 25.4 Å². The van der Waals surface area contributed by atoms with Gasteiger partial charge in [0.05, 0.1) is 12.6 Å². The van der Waals surface area contributed by atoms with Crippen molar-refractivity contribution in [3.8, 4) is 0 Å². The molecule has 1 saturated carbocycles. The molecular weight excluding hydrogens is 224 g/mol. The van der Waals surface area contributed by atoms with Crippen molar-refractivity contribution >= 4 is 5.69 Å². The molecule has 0 saturated heterocycles. The van der Waals surface area contributed by atoms with E-state index in [1.54, 1.807) is 7.11 Å². The Bertz CT molecular complexity index is 375. The van der Waals surface area contributed by atoms with Crippen LogP contribution in [-0.2, 0) is 11.3 Å². The summed E-state index contributed by atoms with van der Waals surface area (Å²) in [5.74, 6) is 0.789. The molecule has 0 bridgehead atoms. The average molecular weight is 248 g/mol. The number of para-hydroxylation sites is 1. The molecule has 0 aliphatic heterocycles. The number of ether oxygens (including phenoxy) is 1. The minimum atomic E-state index is 0.457. The minimum absolute atomic E-state index is 0.457. The van der Waals surface area contributed by atoms with Crippen LogP contribution in [0.2, 0.25) is 0 Å². The molecule has 1 fully saturated rings. The van der Waals surface area contributed by atoms with Crippen molar-refractivity contribution in [3.63, 3.8) is 0 Å². The molecule has 1 aromatic rings. The van der Waals surface area contributed by atoms with Crippen molar-refractivity contribution in [2.75, 3.05) is 33.1 Å². The third-order valence-corrected chi connectivity index (χ3v) is 3.38. The summed E-state index contributed by atoms with van der Waals surface area (Å²) in [4.78, 5) is 2.20. The SMILES string of the molecule is COCC(Nc1ccccc1CN(C)C)C1CC1. The molecule has 0 spiro atoms. The van der Waals surface area contributed by atoms with Gasteiger partial charge in [-0.25, -0.2) is 0 Å². The lowest BCUT2D eigenvalue weighted by molar-refractivity contribution is 0.179. The summed E-state index contributed by atoms with van der Waals surface area (Å²) in [7, 11) is 5.98. The van der Waals surface area contributed by atoms with Gasteiger partial charge < -0.3 is 15.0 Å². The van der Waals surface area contributed by atoms with E-state index >= 15 is 0 Å². The molecule has 1 aliphatic rings. The zero-order valence-corrected chi connectivity index (χ0v) is 11.6. The number of nitrogens with one attached hydrogen (secondary N) is 1. The molecule has 0 radical (unpaired) electrons. The standard InChI is InChI=1S/C15H24N2O/c1-17(2)10-13-6-4-5-7-14(13)16-15(11-18-3)12-8-9-12/h4-7,12,15-16H,8-11H2,1-3H3. The molecule has 3 heteroatoms. The van der Waals surface area contributed by atoms with Gasteiger partial charge in [0, 0.05) is 19.3 Å². The van der Waals surface area contributed by atoms with Gasteiger partial charge in [-0.2, -0.15) is 0 Å². The number of anilines is 1. The molecule has 1 aromatic carbocycles. The van der Waals surface area contributed by atoms with Gasteiger partial charge >= 0.3 is 0 Å². The van der Waals surface area contributed by atoms with Crippen LogP contribution in [0, 0.1) is 5.92 Å². The predicted molar refractivity (Wildman–Crippen MR) is 75.8 cm³/mol. The second-order valence-corrected chi connectivity index (χ2v) is 5.44. The number of nitrogens with zero attached hydrogens (tertiary/aromatic N) is 1. The smallest absolute Gasteiger partial charge is 0.0666 e. The summed E-state index contributed by atoms with van der Waals surface area (Å²) in [5, 5.41) is 3.66. The Hall–Kier alpha value is -1.06. The molecule has 1 N–H and O–H groups in total. The minimum Gasteiger partial charge on any atom is -0.383 e. The summed E-state index contributed by atoms with van der Waals surface area (Å²) < 4.78 is 5.33. The van der Waals surface area contributed by atoms with Crippen LogP contribution in [0.4, 0.5) is 5.69 Å². The molecule has 1 atom stereocenters. The zero-order chi connectivity index (χ0) is 13.0. The molecule has 1 unspecified atom stereocenters. The van der Waals surface area contributed by atoms with Crippen molar-refractivity contribution in [1.82, 2.24) is 4.90 Å². The van der Waals surface area contributed by atoms with E-state index < -0.39 is 0 Å². The van der Waals surface area contributed by atoms with E-state index in [9.17, 15) is 0 Å². The molecule has 1 aliphatic carbocycles. The first-order chi connectivity index (χ1) is 8.70. The van der Waals surface area contributed by atoms with Gasteiger partial charge in [0.25, 0.3) is 0 Å². The maximum Gasteiger partial charge on any atom is 0.0666 e. The van der Waals surface area contributed by atoms with E-state index in [0.29, 0.717) is 6.04 Å². The van der Waals surface area contributed by atoms with E-state index in [4.69, 9.17) is 4.74 Å². The number of hydrogen-bond acceptors (Lipinski definition) is 3. The lowest BCUT2D eigenvalue weighted by Gasteiger charge is -2.22. The lowest BCUT2D eigenvalue weighted by atomic mass is 10.1. The Morgan fingerprint density at radius 1 is 1.33 bits per heavy atom. The highest BCUT2D eigenvalue weighted by atomic mass is 16.5. The molecule has 18 heavy (non-hydrogen) atoms. The van der Waals surface area contributed by atoms with Gasteiger partial charge in [0.15, 0.2) is 0 Å². The van der Waals surface area contributed by atoms with Gasteiger partial charge in [0.1, 0.15) is 0 Å². The second kappa shape index (κ2) is 6.21. The molecule has 0 amide bonds. The van der Waals surface area contributed by atoms with Gasteiger partial charge in [-0.3, -0.25) is 0 Å². The van der Waals surface area contributed by atoms with E-state index in [1.165, 1.54) is 24.1 Å². The zero-order valence-electron chi connectivity index (χ0n) is 11.6. The fraction of sp³-hybridized carbons (Fsp3) is 0.600. The fourth-order valence-electron chi connectivity index (χ4n) is 2.31. The van der Waals surface area contributed by atoms with Gasteiger partial charge in [-0.15, -0.1) is 0 Å². The quantitative estimate of drug-likeness (QED) is 0.802. The third-order valence-electron chi connectivity index (χ3n) is 3.38. The number of rotatable bonds is 7. The first-order valence-electron chi connectivity index (χ1n) is 6.69. The van der Waals surface area contributed by atoms with Crippen molar-refractivity contribution < 1.29 is 4.74 Å². The van der Waals surface area contributed by atoms with Crippen LogP contribution >= 0.6 is 0 Å². The third kappa shape index (κ3) is 3.72. The van der Waals surface area contributed by atoms with Crippen LogP contribution in [-0.4, -0.2) is 38.8 Å². The first kappa shape index (κ1) is 13.4. The van der Waals surface area contributed by atoms with E-state index in [-0.39, 0.29) is 0 Å². The van der Waals surface area contributed by atoms with E-state index in [0.717, 1.165) is 19.1 Å². The summed E-state index contributed by atoms with van der Waals surface area (Å²) in [6, 6.07) is 9.02. The van der Waals surface area contributed by atoms with Crippen LogP contribution in [0.15, 0.2) is 24.3 Å². The van der Waals surface area contributed by atoms with Crippen molar-refractivity contribution in [1.29, 1.82) is 0 Å². The van der Waals surface area contributed by atoms with Crippen LogP contribution < -0.4 is 5.32 Å². The number of benzene rings is 1. The van der Waals surface area contributed by atoms with Gasteiger partial charge in [0.2, 0.25) is 0 Å². The van der Waals surface area contributed by atoms with Crippen LogP contribution in [0.1, 0.15) is 18.4 Å². The largest absolute Gasteiger partial charge is 0.383 e. The second-order valence-electron chi connectivity index (χ2n) is 5.44. The first-order valence-corrected chi connectivity index (χ1v) is 6.69. The van der Waals surface area contributed by atoms with Crippen LogP contribution in [0.3, 0.4) is 0 Å². The predicted octanol–water partition coefficient (Wildman–Crippen LogP) is 2.59. The maximum absolute atomic E-state index is 5.33. The van der Waals surface area contributed by atoms with Gasteiger partial charge in [-0.05, 0) is 44.5 Å². The van der Waals surface area contributed by atoms with Crippen molar-refractivity contribution in [3.05, 3.63) is 29.8 Å². The van der Waals surface area contributed by atoms with E-state index in [2.05, 4.69) is 48.6 Å². The number of hydrogen-bond donors (Lipinski definition) is 1.